The van der Waals surface area contributed by atoms with E-state index in [4.69, 9.17) is 0 Å². The predicted octanol–water partition coefficient (Wildman–Crippen LogP) is 3.69. The molecular weight excluding hydrogens is 182 g/mol. The highest BCUT2D eigenvalue weighted by atomic mass is 14.9. The summed E-state index contributed by atoms with van der Waals surface area (Å²) < 4.78 is 0. The predicted molar refractivity (Wildman–Crippen MR) is 66.9 cm³/mol. The van der Waals surface area contributed by atoms with E-state index in [1.165, 1.54) is 12.0 Å². The number of hydrogen-bond acceptors (Lipinski definition) is 1. The molecular formula is C14H21N. The Labute approximate surface area is 93.2 Å². The van der Waals surface area contributed by atoms with Gasteiger partial charge in [0.25, 0.3) is 0 Å². The van der Waals surface area contributed by atoms with Gasteiger partial charge in [-0.05, 0) is 31.4 Å². The summed E-state index contributed by atoms with van der Waals surface area (Å²) in [5, 5.41) is 3.57. The summed E-state index contributed by atoms with van der Waals surface area (Å²) in [5.41, 5.74) is 1.39. The van der Waals surface area contributed by atoms with E-state index in [2.05, 4.69) is 49.2 Å². The second kappa shape index (κ2) is 7.24. The van der Waals surface area contributed by atoms with Crippen molar-refractivity contribution in [1.82, 2.24) is 5.32 Å². The van der Waals surface area contributed by atoms with Gasteiger partial charge in [-0.25, -0.2) is 0 Å². The van der Waals surface area contributed by atoms with Crippen LogP contribution in [0.1, 0.15) is 37.8 Å². The van der Waals surface area contributed by atoms with Gasteiger partial charge in [-0.1, -0.05) is 43.3 Å². The lowest BCUT2D eigenvalue weighted by molar-refractivity contribution is 0.512. The second-order valence-electron chi connectivity index (χ2n) is 3.76. The van der Waals surface area contributed by atoms with Crippen molar-refractivity contribution in [2.24, 2.45) is 0 Å². The molecule has 1 aromatic rings. The molecule has 1 unspecified atom stereocenters. The molecule has 1 rings (SSSR count). The summed E-state index contributed by atoms with van der Waals surface area (Å²) in [7, 11) is 0. The maximum atomic E-state index is 3.73. The molecule has 0 saturated carbocycles. The van der Waals surface area contributed by atoms with Crippen LogP contribution in [-0.4, -0.2) is 6.54 Å². The van der Waals surface area contributed by atoms with Crippen LogP contribution in [0.15, 0.2) is 43.0 Å². The van der Waals surface area contributed by atoms with Crippen molar-refractivity contribution in [1.29, 1.82) is 0 Å². The Morgan fingerprint density at radius 3 is 2.67 bits per heavy atom. The summed E-state index contributed by atoms with van der Waals surface area (Å²) in [4.78, 5) is 0. The fourth-order valence-electron chi connectivity index (χ4n) is 1.71. The van der Waals surface area contributed by atoms with Crippen LogP contribution in [-0.2, 0) is 0 Å². The van der Waals surface area contributed by atoms with Crippen molar-refractivity contribution < 1.29 is 0 Å². The molecule has 0 aliphatic carbocycles. The molecule has 0 radical (unpaired) electrons. The van der Waals surface area contributed by atoms with Crippen molar-refractivity contribution in [3.8, 4) is 0 Å². The highest BCUT2D eigenvalue weighted by molar-refractivity contribution is 5.18. The van der Waals surface area contributed by atoms with Crippen molar-refractivity contribution >= 4 is 0 Å². The first kappa shape index (κ1) is 12.0. The lowest BCUT2D eigenvalue weighted by atomic mass is 10.0. The zero-order chi connectivity index (χ0) is 10.9. The molecule has 0 bridgehead atoms. The molecule has 1 N–H and O–H groups in total. The van der Waals surface area contributed by atoms with Gasteiger partial charge in [0.1, 0.15) is 0 Å². The van der Waals surface area contributed by atoms with E-state index in [0.29, 0.717) is 6.04 Å². The van der Waals surface area contributed by atoms with Gasteiger partial charge < -0.3 is 5.32 Å². The molecule has 82 valence electrons. The number of unbranched alkanes of at least 4 members (excludes halogenated alkanes) is 1. The van der Waals surface area contributed by atoms with Crippen molar-refractivity contribution in [2.45, 2.75) is 32.2 Å². The largest absolute Gasteiger partial charge is 0.310 e. The molecule has 1 atom stereocenters. The average Bonchev–Trinajstić information content (AvgIpc) is 2.30. The summed E-state index contributed by atoms with van der Waals surface area (Å²) >= 11 is 0. The van der Waals surface area contributed by atoms with E-state index in [9.17, 15) is 0 Å². The molecule has 0 aromatic heterocycles. The third-order valence-electron chi connectivity index (χ3n) is 2.59. The molecule has 0 spiro atoms. The van der Waals surface area contributed by atoms with E-state index >= 15 is 0 Å². The number of nitrogens with one attached hydrogen (secondary N) is 1. The average molecular weight is 203 g/mol. The summed E-state index contributed by atoms with van der Waals surface area (Å²) in [5.74, 6) is 0. The van der Waals surface area contributed by atoms with Crippen molar-refractivity contribution in [3.63, 3.8) is 0 Å². The van der Waals surface area contributed by atoms with E-state index in [-0.39, 0.29) is 0 Å². The Hall–Kier alpha value is -1.08. The van der Waals surface area contributed by atoms with Crippen LogP contribution in [0.25, 0.3) is 0 Å². The first-order valence-corrected chi connectivity index (χ1v) is 5.77. The summed E-state index contributed by atoms with van der Waals surface area (Å²) in [6.45, 7) is 7.02. The fraction of sp³-hybridized carbons (Fsp3) is 0.429. The minimum atomic E-state index is 0.496. The van der Waals surface area contributed by atoms with E-state index in [1.807, 2.05) is 6.08 Å². The molecule has 0 heterocycles. The smallest absolute Gasteiger partial charge is 0.0317 e. The Kier molecular flexibility index (Phi) is 5.79. The third kappa shape index (κ3) is 4.30. The van der Waals surface area contributed by atoms with E-state index in [1.54, 1.807) is 0 Å². The van der Waals surface area contributed by atoms with Gasteiger partial charge >= 0.3 is 0 Å². The molecule has 0 aliphatic heterocycles. The SMILES string of the molecule is C=CCCCNC(CC)c1ccccc1. The topological polar surface area (TPSA) is 12.0 Å². The molecule has 0 aliphatic rings. The minimum absolute atomic E-state index is 0.496. The quantitative estimate of drug-likeness (QED) is 0.526. The van der Waals surface area contributed by atoms with Gasteiger partial charge in [-0.15, -0.1) is 6.58 Å². The van der Waals surface area contributed by atoms with Crippen molar-refractivity contribution in [2.75, 3.05) is 6.54 Å². The highest BCUT2D eigenvalue weighted by Crippen LogP contribution is 2.15. The van der Waals surface area contributed by atoms with Crippen LogP contribution in [0.4, 0.5) is 0 Å². The monoisotopic (exact) mass is 203 g/mol. The maximum Gasteiger partial charge on any atom is 0.0317 e. The standard InChI is InChI=1S/C14H21N/c1-3-5-9-12-15-14(4-2)13-10-7-6-8-11-13/h3,6-8,10-11,14-15H,1,4-5,9,12H2,2H3. The Bertz CT molecular complexity index is 266. The Morgan fingerprint density at radius 1 is 1.33 bits per heavy atom. The normalized spacial score (nSPS) is 12.3. The van der Waals surface area contributed by atoms with Gasteiger partial charge in [0.05, 0.1) is 0 Å². The Balaban J connectivity index is 2.39. The molecule has 0 saturated heterocycles. The molecule has 1 nitrogen and oxygen atoms in total. The van der Waals surface area contributed by atoms with E-state index in [0.717, 1.165) is 19.4 Å². The zero-order valence-electron chi connectivity index (χ0n) is 9.58. The number of allylic oxidation sites excluding steroid dienone is 1. The van der Waals surface area contributed by atoms with Crippen LogP contribution in [0.5, 0.6) is 0 Å². The maximum absolute atomic E-state index is 3.73. The lowest BCUT2D eigenvalue weighted by Crippen LogP contribution is -2.21. The lowest BCUT2D eigenvalue weighted by Gasteiger charge is -2.17. The third-order valence-corrected chi connectivity index (χ3v) is 2.59. The van der Waals surface area contributed by atoms with Crippen LogP contribution >= 0.6 is 0 Å². The second-order valence-corrected chi connectivity index (χ2v) is 3.76. The molecule has 1 aromatic carbocycles. The van der Waals surface area contributed by atoms with Crippen LogP contribution < -0.4 is 5.32 Å². The van der Waals surface area contributed by atoms with Gasteiger partial charge in [0, 0.05) is 6.04 Å². The fourth-order valence-corrected chi connectivity index (χ4v) is 1.71. The number of rotatable bonds is 7. The van der Waals surface area contributed by atoms with Crippen LogP contribution in [0.3, 0.4) is 0 Å². The summed E-state index contributed by atoms with van der Waals surface area (Å²) in [6.07, 6.45) is 5.38. The number of hydrogen-bond donors (Lipinski definition) is 1. The van der Waals surface area contributed by atoms with Gasteiger partial charge in [0.15, 0.2) is 0 Å². The molecule has 15 heavy (non-hydrogen) atoms. The Morgan fingerprint density at radius 2 is 2.07 bits per heavy atom. The van der Waals surface area contributed by atoms with E-state index < -0.39 is 0 Å². The van der Waals surface area contributed by atoms with Crippen molar-refractivity contribution in [3.05, 3.63) is 48.6 Å². The first-order chi connectivity index (χ1) is 7.38. The number of benzene rings is 1. The first-order valence-electron chi connectivity index (χ1n) is 5.77. The minimum Gasteiger partial charge on any atom is -0.310 e. The molecule has 0 fully saturated rings. The zero-order valence-corrected chi connectivity index (χ0v) is 9.58. The molecule has 1 heteroatoms. The highest BCUT2D eigenvalue weighted by Gasteiger charge is 2.06. The van der Waals surface area contributed by atoms with Gasteiger partial charge in [-0.2, -0.15) is 0 Å². The molecule has 0 amide bonds. The van der Waals surface area contributed by atoms with Gasteiger partial charge in [-0.3, -0.25) is 0 Å². The van der Waals surface area contributed by atoms with Crippen LogP contribution in [0.2, 0.25) is 0 Å². The van der Waals surface area contributed by atoms with Crippen LogP contribution in [0, 0.1) is 0 Å². The van der Waals surface area contributed by atoms with Gasteiger partial charge in [0.2, 0.25) is 0 Å². The summed E-state index contributed by atoms with van der Waals surface area (Å²) in [6, 6.07) is 11.1.